The number of nitrogens with one attached hydrogen (secondary N) is 2. The van der Waals surface area contributed by atoms with Crippen molar-refractivity contribution in [2.45, 2.75) is 44.8 Å². The molecule has 10 heteroatoms. The Bertz CT molecular complexity index is 1080. The molecule has 1 fully saturated rings. The fourth-order valence-corrected chi connectivity index (χ4v) is 3.59. The normalized spacial score (nSPS) is 18.3. The number of pyridine rings is 1. The molecule has 3 heterocycles. The molecule has 4 N–H and O–H groups in total. The van der Waals surface area contributed by atoms with Crippen LogP contribution in [-0.2, 0) is 0 Å². The number of aromatic nitrogens is 5. The van der Waals surface area contributed by atoms with Gasteiger partial charge in [0.15, 0.2) is 11.5 Å². The molecule has 1 aliphatic carbocycles. The molecule has 1 aliphatic rings. The highest BCUT2D eigenvalue weighted by molar-refractivity contribution is 5.75. The maximum Gasteiger partial charge on any atom is 0.226 e. The van der Waals surface area contributed by atoms with Crippen LogP contribution in [0.5, 0.6) is 11.6 Å². The number of ether oxygens (including phenoxy) is 2. The van der Waals surface area contributed by atoms with E-state index < -0.39 is 0 Å². The smallest absolute Gasteiger partial charge is 0.226 e. The zero-order valence-corrected chi connectivity index (χ0v) is 17.4. The monoisotopic (exact) mass is 420 g/mol. The number of H-pyrrole nitrogens is 1. The van der Waals surface area contributed by atoms with Crippen molar-refractivity contribution in [2.75, 3.05) is 12.4 Å². The SMILES string of the molecule is COc1nc(C)cc(OC2CCC(N)CC2)c1-c1cc(Nc2cnc(C#N)cn2)n[nH]1. The van der Waals surface area contributed by atoms with Gasteiger partial charge in [-0.2, -0.15) is 10.4 Å². The molecule has 0 amide bonds. The first-order valence-corrected chi connectivity index (χ1v) is 10.1. The molecule has 0 bridgehead atoms. The lowest BCUT2D eigenvalue weighted by atomic mass is 9.93. The second-order valence-electron chi connectivity index (χ2n) is 7.49. The Balaban J connectivity index is 1.61. The van der Waals surface area contributed by atoms with Crippen LogP contribution in [0.4, 0.5) is 11.6 Å². The highest BCUT2D eigenvalue weighted by Crippen LogP contribution is 2.39. The van der Waals surface area contributed by atoms with E-state index in [-0.39, 0.29) is 17.8 Å². The summed E-state index contributed by atoms with van der Waals surface area (Å²) in [5, 5.41) is 19.2. The van der Waals surface area contributed by atoms with E-state index in [9.17, 15) is 0 Å². The first kappa shape index (κ1) is 20.6. The summed E-state index contributed by atoms with van der Waals surface area (Å²) < 4.78 is 11.9. The zero-order valence-electron chi connectivity index (χ0n) is 17.4. The van der Waals surface area contributed by atoms with Crippen LogP contribution in [0.3, 0.4) is 0 Å². The van der Waals surface area contributed by atoms with E-state index in [2.05, 4.69) is 30.5 Å². The Labute approximate surface area is 179 Å². The average molecular weight is 420 g/mol. The predicted octanol–water partition coefficient (Wildman–Crippen LogP) is 2.84. The van der Waals surface area contributed by atoms with Crippen LogP contribution in [0.25, 0.3) is 11.3 Å². The largest absolute Gasteiger partial charge is 0.489 e. The lowest BCUT2D eigenvalue weighted by molar-refractivity contribution is 0.147. The molecule has 3 aromatic heterocycles. The summed E-state index contributed by atoms with van der Waals surface area (Å²) >= 11 is 0. The summed E-state index contributed by atoms with van der Waals surface area (Å²) in [5.41, 5.74) is 8.47. The number of rotatable bonds is 6. The first-order valence-electron chi connectivity index (χ1n) is 10.1. The van der Waals surface area contributed by atoms with Crippen LogP contribution in [0.2, 0.25) is 0 Å². The van der Waals surface area contributed by atoms with Gasteiger partial charge < -0.3 is 20.5 Å². The second kappa shape index (κ2) is 8.97. The van der Waals surface area contributed by atoms with Crippen LogP contribution in [-0.4, -0.2) is 44.4 Å². The average Bonchev–Trinajstić information content (AvgIpc) is 3.23. The van der Waals surface area contributed by atoms with Crippen molar-refractivity contribution in [2.24, 2.45) is 5.73 Å². The van der Waals surface area contributed by atoms with Crippen molar-refractivity contribution >= 4 is 11.6 Å². The number of aromatic amines is 1. The summed E-state index contributed by atoms with van der Waals surface area (Å²) in [6.45, 7) is 1.90. The minimum absolute atomic E-state index is 0.0968. The molecule has 0 aliphatic heterocycles. The number of anilines is 2. The Kier molecular flexibility index (Phi) is 5.95. The Hall–Kier alpha value is -3.71. The van der Waals surface area contributed by atoms with E-state index in [4.69, 9.17) is 20.5 Å². The van der Waals surface area contributed by atoms with Gasteiger partial charge in [0.2, 0.25) is 5.88 Å². The molecule has 160 valence electrons. The maximum absolute atomic E-state index is 8.85. The fraction of sp³-hybridized carbons (Fsp3) is 0.381. The number of nitrogens with two attached hydrogens (primary N) is 1. The van der Waals surface area contributed by atoms with E-state index in [1.807, 2.05) is 25.1 Å². The van der Waals surface area contributed by atoms with Gasteiger partial charge in [0, 0.05) is 23.9 Å². The third kappa shape index (κ3) is 4.73. The molecule has 0 atom stereocenters. The van der Waals surface area contributed by atoms with E-state index >= 15 is 0 Å². The Morgan fingerprint density at radius 3 is 2.65 bits per heavy atom. The third-order valence-electron chi connectivity index (χ3n) is 5.15. The van der Waals surface area contributed by atoms with Crippen LogP contribution in [0.15, 0.2) is 24.5 Å². The van der Waals surface area contributed by atoms with Crippen LogP contribution < -0.4 is 20.5 Å². The molecule has 3 aromatic rings. The summed E-state index contributed by atoms with van der Waals surface area (Å²) in [4.78, 5) is 12.7. The topological polar surface area (TPSA) is 148 Å². The van der Waals surface area contributed by atoms with Gasteiger partial charge in [0.1, 0.15) is 23.2 Å². The van der Waals surface area contributed by atoms with E-state index in [1.165, 1.54) is 12.4 Å². The minimum Gasteiger partial charge on any atom is -0.489 e. The fourth-order valence-electron chi connectivity index (χ4n) is 3.59. The van der Waals surface area contributed by atoms with Gasteiger partial charge in [-0.25, -0.2) is 15.0 Å². The summed E-state index contributed by atoms with van der Waals surface area (Å²) in [6, 6.07) is 5.91. The Morgan fingerprint density at radius 1 is 1.16 bits per heavy atom. The van der Waals surface area contributed by atoms with E-state index in [0.29, 0.717) is 34.5 Å². The van der Waals surface area contributed by atoms with Gasteiger partial charge in [-0.05, 0) is 32.6 Å². The predicted molar refractivity (Wildman–Crippen MR) is 114 cm³/mol. The van der Waals surface area contributed by atoms with Crippen molar-refractivity contribution in [3.8, 4) is 29.0 Å². The number of hydrogen-bond acceptors (Lipinski definition) is 9. The van der Waals surface area contributed by atoms with Crippen molar-refractivity contribution in [3.05, 3.63) is 35.9 Å². The van der Waals surface area contributed by atoms with E-state index in [0.717, 1.165) is 31.4 Å². The molecule has 31 heavy (non-hydrogen) atoms. The number of hydrogen-bond donors (Lipinski definition) is 3. The minimum atomic E-state index is 0.0968. The lowest BCUT2D eigenvalue weighted by Crippen LogP contribution is -2.31. The number of nitriles is 1. The van der Waals surface area contributed by atoms with Crippen LogP contribution >= 0.6 is 0 Å². The second-order valence-corrected chi connectivity index (χ2v) is 7.49. The third-order valence-corrected chi connectivity index (χ3v) is 5.15. The highest BCUT2D eigenvalue weighted by Gasteiger charge is 2.24. The highest BCUT2D eigenvalue weighted by atomic mass is 16.5. The molecule has 0 aromatic carbocycles. The zero-order chi connectivity index (χ0) is 21.8. The molecular formula is C21H24N8O2. The number of methoxy groups -OCH3 is 1. The van der Waals surface area contributed by atoms with Gasteiger partial charge >= 0.3 is 0 Å². The van der Waals surface area contributed by atoms with Crippen molar-refractivity contribution in [1.82, 2.24) is 25.1 Å². The molecule has 0 unspecified atom stereocenters. The standard InChI is InChI=1S/C21H24N8O2/c1-12-7-17(31-15-5-3-13(23)4-6-15)20(21(26-12)30-2)16-8-18(29-28-16)27-19-11-24-14(9-22)10-25-19/h7-8,10-11,13,15H,3-6,23H2,1-2H3,(H2,25,27,28,29). The first-order chi connectivity index (χ1) is 15.1. The summed E-state index contributed by atoms with van der Waals surface area (Å²) in [6.07, 6.45) is 6.69. The van der Waals surface area contributed by atoms with Gasteiger partial charge in [0.05, 0.1) is 31.3 Å². The molecule has 1 saturated carbocycles. The molecule has 0 saturated heterocycles. The summed E-state index contributed by atoms with van der Waals surface area (Å²) in [5.74, 6) is 2.15. The molecule has 0 spiro atoms. The maximum atomic E-state index is 8.85. The number of aryl methyl sites for hydroxylation is 1. The van der Waals surface area contributed by atoms with Gasteiger partial charge in [-0.15, -0.1) is 0 Å². The van der Waals surface area contributed by atoms with Crippen LogP contribution in [0, 0.1) is 18.3 Å². The number of nitrogens with zero attached hydrogens (tertiary/aromatic N) is 5. The lowest BCUT2D eigenvalue weighted by Gasteiger charge is -2.27. The molecule has 4 rings (SSSR count). The van der Waals surface area contributed by atoms with E-state index in [1.54, 1.807) is 7.11 Å². The Morgan fingerprint density at radius 2 is 1.97 bits per heavy atom. The van der Waals surface area contributed by atoms with Gasteiger partial charge in [-0.3, -0.25) is 5.10 Å². The van der Waals surface area contributed by atoms with Gasteiger partial charge in [-0.1, -0.05) is 0 Å². The molecule has 0 radical (unpaired) electrons. The van der Waals surface area contributed by atoms with Crippen molar-refractivity contribution < 1.29 is 9.47 Å². The quantitative estimate of drug-likeness (QED) is 0.547. The van der Waals surface area contributed by atoms with Crippen molar-refractivity contribution in [3.63, 3.8) is 0 Å². The molecule has 10 nitrogen and oxygen atoms in total. The van der Waals surface area contributed by atoms with Crippen LogP contribution in [0.1, 0.15) is 37.1 Å². The van der Waals surface area contributed by atoms with Crippen molar-refractivity contribution in [1.29, 1.82) is 5.26 Å². The van der Waals surface area contributed by atoms with Gasteiger partial charge in [0.25, 0.3) is 0 Å². The molecular weight excluding hydrogens is 396 g/mol. The summed E-state index contributed by atoms with van der Waals surface area (Å²) in [7, 11) is 1.58.